The summed E-state index contributed by atoms with van der Waals surface area (Å²) in [5.74, 6) is 0.557. The molecule has 0 radical (unpaired) electrons. The van der Waals surface area contributed by atoms with Crippen LogP contribution in [0.3, 0.4) is 0 Å². The molecular formula is C13H18ClNO2. The molecule has 17 heavy (non-hydrogen) atoms. The molecule has 94 valence electrons. The Morgan fingerprint density at radius 3 is 2.06 bits per heavy atom. The van der Waals surface area contributed by atoms with Gasteiger partial charge in [-0.1, -0.05) is 12.1 Å². The van der Waals surface area contributed by atoms with Crippen LogP contribution in [0.25, 0.3) is 0 Å². The standard InChI is InChI=1S/C13H18ClNO2/c1-16-12-8-15(9-13(12)17-2)11-5-3-10(7-14)4-6-11/h3-6,12-13H,7-9H2,1-2H3. The highest BCUT2D eigenvalue weighted by molar-refractivity contribution is 6.17. The predicted octanol–water partition coefficient (Wildman–Crippen LogP) is 2.28. The number of ether oxygens (including phenoxy) is 2. The van der Waals surface area contributed by atoms with Crippen LogP contribution in [0.2, 0.25) is 0 Å². The lowest BCUT2D eigenvalue weighted by Gasteiger charge is -2.18. The first-order valence-corrected chi connectivity index (χ1v) is 6.27. The zero-order chi connectivity index (χ0) is 12.3. The second-order valence-corrected chi connectivity index (χ2v) is 4.52. The van der Waals surface area contributed by atoms with Gasteiger partial charge in [-0.2, -0.15) is 0 Å². The van der Waals surface area contributed by atoms with Gasteiger partial charge in [0.05, 0.1) is 0 Å². The Bertz CT molecular complexity index is 343. The van der Waals surface area contributed by atoms with Crippen molar-refractivity contribution >= 4 is 17.3 Å². The van der Waals surface area contributed by atoms with Crippen molar-refractivity contribution in [2.24, 2.45) is 0 Å². The van der Waals surface area contributed by atoms with Gasteiger partial charge in [0.25, 0.3) is 0 Å². The summed E-state index contributed by atoms with van der Waals surface area (Å²) >= 11 is 5.78. The van der Waals surface area contributed by atoms with E-state index in [2.05, 4.69) is 29.2 Å². The summed E-state index contributed by atoms with van der Waals surface area (Å²) in [6, 6.07) is 8.32. The Kier molecular flexibility index (Phi) is 4.26. The minimum Gasteiger partial charge on any atom is -0.377 e. The molecule has 4 heteroatoms. The van der Waals surface area contributed by atoms with Crippen molar-refractivity contribution in [1.29, 1.82) is 0 Å². The van der Waals surface area contributed by atoms with Crippen molar-refractivity contribution in [2.45, 2.75) is 18.1 Å². The van der Waals surface area contributed by atoms with Crippen LogP contribution in [0.4, 0.5) is 5.69 Å². The number of rotatable bonds is 4. The minimum absolute atomic E-state index is 0.146. The Morgan fingerprint density at radius 1 is 1.12 bits per heavy atom. The number of nitrogens with zero attached hydrogens (tertiary/aromatic N) is 1. The van der Waals surface area contributed by atoms with E-state index >= 15 is 0 Å². The van der Waals surface area contributed by atoms with Crippen molar-refractivity contribution in [1.82, 2.24) is 0 Å². The summed E-state index contributed by atoms with van der Waals surface area (Å²) in [5, 5.41) is 0. The molecule has 2 atom stereocenters. The van der Waals surface area contributed by atoms with Crippen LogP contribution in [0.15, 0.2) is 24.3 Å². The van der Waals surface area contributed by atoms with Gasteiger partial charge in [0.1, 0.15) is 12.2 Å². The summed E-state index contributed by atoms with van der Waals surface area (Å²) in [7, 11) is 3.47. The van der Waals surface area contributed by atoms with Crippen LogP contribution in [-0.4, -0.2) is 39.5 Å². The Hall–Kier alpha value is -0.770. The van der Waals surface area contributed by atoms with Gasteiger partial charge in [0, 0.05) is 38.9 Å². The molecule has 1 aliphatic rings. The van der Waals surface area contributed by atoms with Crippen molar-refractivity contribution in [3.63, 3.8) is 0 Å². The summed E-state index contributed by atoms with van der Waals surface area (Å²) < 4.78 is 10.8. The second kappa shape index (κ2) is 5.71. The molecule has 3 nitrogen and oxygen atoms in total. The lowest BCUT2D eigenvalue weighted by molar-refractivity contribution is -0.00461. The van der Waals surface area contributed by atoms with E-state index < -0.39 is 0 Å². The molecule has 0 amide bonds. The van der Waals surface area contributed by atoms with Gasteiger partial charge in [-0.05, 0) is 17.7 Å². The summed E-state index contributed by atoms with van der Waals surface area (Å²) in [4.78, 5) is 2.28. The number of anilines is 1. The topological polar surface area (TPSA) is 21.7 Å². The Labute approximate surface area is 107 Å². The van der Waals surface area contributed by atoms with Crippen LogP contribution in [0.5, 0.6) is 0 Å². The number of alkyl halides is 1. The van der Waals surface area contributed by atoms with Gasteiger partial charge in [0.2, 0.25) is 0 Å². The van der Waals surface area contributed by atoms with Crippen molar-refractivity contribution in [3.8, 4) is 0 Å². The average molecular weight is 256 g/mol. The van der Waals surface area contributed by atoms with Gasteiger partial charge >= 0.3 is 0 Å². The molecule has 2 unspecified atom stereocenters. The van der Waals surface area contributed by atoms with E-state index in [0.29, 0.717) is 5.88 Å². The fourth-order valence-electron chi connectivity index (χ4n) is 2.20. The highest BCUT2D eigenvalue weighted by Gasteiger charge is 2.32. The van der Waals surface area contributed by atoms with E-state index in [1.807, 2.05) is 0 Å². The molecule has 0 N–H and O–H groups in total. The lowest BCUT2D eigenvalue weighted by atomic mass is 10.2. The largest absolute Gasteiger partial charge is 0.377 e. The number of hydrogen-bond donors (Lipinski definition) is 0. The van der Waals surface area contributed by atoms with E-state index in [1.54, 1.807) is 14.2 Å². The molecule has 1 aromatic rings. The van der Waals surface area contributed by atoms with Crippen molar-refractivity contribution in [3.05, 3.63) is 29.8 Å². The van der Waals surface area contributed by atoms with Gasteiger partial charge in [-0.25, -0.2) is 0 Å². The van der Waals surface area contributed by atoms with Gasteiger partial charge in [-0.15, -0.1) is 11.6 Å². The molecular weight excluding hydrogens is 238 g/mol. The van der Waals surface area contributed by atoms with Crippen LogP contribution >= 0.6 is 11.6 Å². The van der Waals surface area contributed by atoms with Gasteiger partial charge in [-0.3, -0.25) is 0 Å². The molecule has 1 aromatic carbocycles. The smallest absolute Gasteiger partial charge is 0.102 e. The fraction of sp³-hybridized carbons (Fsp3) is 0.538. The third-order valence-corrected chi connectivity index (χ3v) is 3.59. The maximum absolute atomic E-state index is 5.78. The molecule has 2 rings (SSSR count). The summed E-state index contributed by atoms with van der Waals surface area (Å²) in [6.45, 7) is 1.74. The zero-order valence-electron chi connectivity index (χ0n) is 10.2. The van der Waals surface area contributed by atoms with E-state index in [0.717, 1.165) is 18.7 Å². The quantitative estimate of drug-likeness (QED) is 0.771. The Balaban J connectivity index is 2.07. The first-order valence-electron chi connectivity index (χ1n) is 5.74. The van der Waals surface area contributed by atoms with Crippen LogP contribution in [-0.2, 0) is 15.4 Å². The molecule has 1 saturated heterocycles. The highest BCUT2D eigenvalue weighted by Crippen LogP contribution is 2.24. The maximum Gasteiger partial charge on any atom is 0.102 e. The van der Waals surface area contributed by atoms with Crippen LogP contribution in [0, 0.1) is 0 Å². The molecule has 0 bridgehead atoms. The maximum atomic E-state index is 5.78. The van der Waals surface area contributed by atoms with Crippen LogP contribution < -0.4 is 4.90 Å². The van der Waals surface area contributed by atoms with E-state index in [-0.39, 0.29) is 12.2 Å². The molecule has 1 aliphatic heterocycles. The summed E-state index contributed by atoms with van der Waals surface area (Å²) in [5.41, 5.74) is 2.33. The third-order valence-electron chi connectivity index (χ3n) is 3.28. The molecule has 1 fully saturated rings. The second-order valence-electron chi connectivity index (χ2n) is 4.25. The normalized spacial score (nSPS) is 24.3. The van der Waals surface area contributed by atoms with E-state index in [9.17, 15) is 0 Å². The van der Waals surface area contributed by atoms with Crippen molar-refractivity contribution < 1.29 is 9.47 Å². The van der Waals surface area contributed by atoms with Crippen LogP contribution in [0.1, 0.15) is 5.56 Å². The molecule has 0 saturated carbocycles. The molecule has 1 heterocycles. The fourth-order valence-corrected chi connectivity index (χ4v) is 2.38. The first kappa shape index (κ1) is 12.7. The minimum atomic E-state index is 0.146. The lowest BCUT2D eigenvalue weighted by Crippen LogP contribution is -2.27. The zero-order valence-corrected chi connectivity index (χ0v) is 11.0. The summed E-state index contributed by atoms with van der Waals surface area (Å²) in [6.07, 6.45) is 0.292. The van der Waals surface area contributed by atoms with Gasteiger partial charge < -0.3 is 14.4 Å². The average Bonchev–Trinajstić information content (AvgIpc) is 2.82. The highest BCUT2D eigenvalue weighted by atomic mass is 35.5. The van der Waals surface area contributed by atoms with Crippen molar-refractivity contribution in [2.75, 3.05) is 32.2 Å². The molecule has 0 aromatic heterocycles. The number of methoxy groups -OCH3 is 2. The van der Waals surface area contributed by atoms with Gasteiger partial charge in [0.15, 0.2) is 0 Å². The monoisotopic (exact) mass is 255 g/mol. The van der Waals surface area contributed by atoms with E-state index in [4.69, 9.17) is 21.1 Å². The predicted molar refractivity (Wildman–Crippen MR) is 69.8 cm³/mol. The first-order chi connectivity index (χ1) is 8.28. The Morgan fingerprint density at radius 2 is 1.65 bits per heavy atom. The SMILES string of the molecule is COC1CN(c2ccc(CCl)cc2)CC1OC. The number of halogens is 1. The number of benzene rings is 1. The molecule has 0 aliphatic carbocycles. The van der Waals surface area contributed by atoms with E-state index in [1.165, 1.54) is 5.69 Å². The number of hydrogen-bond acceptors (Lipinski definition) is 3. The molecule has 0 spiro atoms. The third kappa shape index (κ3) is 2.73.